The van der Waals surface area contributed by atoms with E-state index < -0.39 is 23.5 Å². The molecule has 0 aliphatic carbocycles. The molecule has 1 atom stereocenters. The number of hydrogen-bond acceptors (Lipinski definition) is 4. The van der Waals surface area contributed by atoms with E-state index in [9.17, 15) is 14.8 Å². The molecule has 112 valence electrons. The van der Waals surface area contributed by atoms with Crippen LogP contribution in [0, 0.1) is 5.92 Å². The monoisotopic (exact) mass is 274 g/mol. The topological polar surface area (TPSA) is 81.1 Å². The highest BCUT2D eigenvalue weighted by Crippen LogP contribution is 2.26. The number of carbonyl (C=O) groups is 2. The zero-order chi connectivity index (χ0) is 15.4. The van der Waals surface area contributed by atoms with Crippen molar-refractivity contribution in [2.75, 3.05) is 14.1 Å². The lowest BCUT2D eigenvalue weighted by Gasteiger charge is -2.45. The van der Waals surface area contributed by atoms with Crippen molar-refractivity contribution in [3.8, 4) is 0 Å². The first kappa shape index (κ1) is 17.9. The lowest BCUT2D eigenvalue weighted by Crippen LogP contribution is -2.59. The van der Waals surface area contributed by atoms with E-state index >= 15 is 0 Å². The van der Waals surface area contributed by atoms with Crippen molar-refractivity contribution >= 4 is 11.9 Å². The van der Waals surface area contributed by atoms with E-state index in [4.69, 9.17) is 5.11 Å². The highest BCUT2D eigenvalue weighted by atomic mass is 16.5. The summed E-state index contributed by atoms with van der Waals surface area (Å²) in [6.45, 7) is 7.71. The predicted octanol–water partition coefficient (Wildman–Crippen LogP) is 1.43. The van der Waals surface area contributed by atoms with Crippen LogP contribution in [0.5, 0.6) is 0 Å². The Morgan fingerprint density at radius 2 is 1.63 bits per heavy atom. The Balaban J connectivity index is 4.99. The summed E-state index contributed by atoms with van der Waals surface area (Å²) in [6.07, 6.45) is -0.471. The van der Waals surface area contributed by atoms with E-state index in [0.717, 1.165) is 0 Å². The summed E-state index contributed by atoms with van der Waals surface area (Å²) in [6, 6.07) is -0.413. The fraction of sp³-hybridized carbons (Fsp3) is 0.846. The van der Waals surface area contributed by atoms with Gasteiger partial charge in [-0.05, 0) is 33.9 Å². The largest absolute Gasteiger partial charge is 0.481 e. The van der Waals surface area contributed by atoms with Gasteiger partial charge in [0.05, 0.1) is 12.5 Å². The molecule has 0 aromatic heterocycles. The normalized spacial score (nSPS) is 13.7. The molecule has 0 rings (SSSR count). The average molecular weight is 274 g/mol. The Kier molecular flexibility index (Phi) is 6.45. The molecule has 6 nitrogen and oxygen atoms in total. The molecule has 0 aromatic carbocycles. The number of amides is 1. The van der Waals surface area contributed by atoms with Gasteiger partial charge in [0.1, 0.15) is 0 Å². The van der Waals surface area contributed by atoms with Gasteiger partial charge in [-0.25, -0.2) is 5.06 Å². The van der Waals surface area contributed by atoms with Gasteiger partial charge in [-0.1, -0.05) is 13.8 Å². The minimum atomic E-state index is -1.05. The molecule has 0 saturated heterocycles. The second-order valence-corrected chi connectivity index (χ2v) is 5.87. The quantitative estimate of drug-likeness (QED) is 0.542. The Morgan fingerprint density at radius 3 is 1.95 bits per heavy atom. The van der Waals surface area contributed by atoms with Crippen LogP contribution in [-0.4, -0.2) is 57.8 Å². The van der Waals surface area contributed by atoms with Crippen LogP contribution < -0.4 is 0 Å². The molecular formula is C13H26N2O4. The molecule has 0 spiro atoms. The summed E-state index contributed by atoms with van der Waals surface area (Å²) in [5.74, 6) is -1.57. The van der Waals surface area contributed by atoms with Crippen LogP contribution in [0.2, 0.25) is 0 Å². The molecule has 1 unspecified atom stereocenters. The van der Waals surface area contributed by atoms with Crippen LogP contribution in [0.1, 0.15) is 40.5 Å². The SMILES string of the molecule is CC(C)C(N(O)C(=O)CCC(=O)O)C(C)(C)N(C)C. The lowest BCUT2D eigenvalue weighted by atomic mass is 9.84. The molecular weight excluding hydrogens is 248 g/mol. The molecule has 0 fully saturated rings. The van der Waals surface area contributed by atoms with Gasteiger partial charge in [-0.2, -0.15) is 0 Å². The number of carboxylic acids is 1. The molecule has 19 heavy (non-hydrogen) atoms. The van der Waals surface area contributed by atoms with Crippen LogP contribution in [0.15, 0.2) is 0 Å². The highest BCUT2D eigenvalue weighted by molar-refractivity contribution is 5.80. The second kappa shape index (κ2) is 6.86. The maximum atomic E-state index is 11.9. The zero-order valence-electron chi connectivity index (χ0n) is 12.7. The van der Waals surface area contributed by atoms with Gasteiger partial charge < -0.3 is 10.0 Å². The van der Waals surface area contributed by atoms with E-state index in [2.05, 4.69) is 0 Å². The standard InChI is InChI=1S/C13H26N2O4/c1-9(2)12(13(3,4)14(5)6)15(19)10(16)7-8-11(17)18/h9,12,19H,7-8H2,1-6H3,(H,17,18). The number of carbonyl (C=O) groups excluding carboxylic acids is 1. The number of aliphatic carboxylic acids is 1. The minimum Gasteiger partial charge on any atom is -0.481 e. The molecule has 2 N–H and O–H groups in total. The molecule has 0 aliphatic rings. The van der Waals surface area contributed by atoms with Gasteiger partial charge in [-0.15, -0.1) is 0 Å². The first-order chi connectivity index (χ1) is 8.51. The van der Waals surface area contributed by atoms with E-state index in [-0.39, 0.29) is 18.8 Å². The summed E-state index contributed by atoms with van der Waals surface area (Å²) in [4.78, 5) is 24.3. The van der Waals surface area contributed by atoms with Crippen molar-refractivity contribution in [1.29, 1.82) is 0 Å². The van der Waals surface area contributed by atoms with Crippen LogP contribution in [0.25, 0.3) is 0 Å². The van der Waals surface area contributed by atoms with Crippen LogP contribution >= 0.6 is 0 Å². The maximum absolute atomic E-state index is 11.9. The number of hydroxylamine groups is 2. The van der Waals surface area contributed by atoms with Crippen LogP contribution in [0.3, 0.4) is 0 Å². The van der Waals surface area contributed by atoms with Gasteiger partial charge in [0.15, 0.2) is 0 Å². The molecule has 1 amide bonds. The second-order valence-electron chi connectivity index (χ2n) is 5.87. The maximum Gasteiger partial charge on any atom is 0.303 e. The summed E-state index contributed by atoms with van der Waals surface area (Å²) >= 11 is 0. The predicted molar refractivity (Wildman–Crippen MR) is 71.9 cm³/mol. The first-order valence-corrected chi connectivity index (χ1v) is 6.42. The van der Waals surface area contributed by atoms with Gasteiger partial charge >= 0.3 is 5.97 Å². The molecule has 0 heterocycles. The van der Waals surface area contributed by atoms with Crippen LogP contribution in [0.4, 0.5) is 0 Å². The Bertz CT molecular complexity index is 327. The zero-order valence-corrected chi connectivity index (χ0v) is 12.7. The third-order valence-corrected chi connectivity index (χ3v) is 3.58. The fourth-order valence-corrected chi connectivity index (χ4v) is 2.15. The molecule has 0 bridgehead atoms. The number of carboxylic acid groups (broad SMARTS) is 1. The van der Waals surface area contributed by atoms with E-state index in [1.807, 2.05) is 46.7 Å². The number of hydrogen-bond donors (Lipinski definition) is 2. The van der Waals surface area contributed by atoms with Crippen molar-refractivity contribution in [3.05, 3.63) is 0 Å². The fourth-order valence-electron chi connectivity index (χ4n) is 2.15. The molecule has 0 aromatic rings. The molecule has 6 heteroatoms. The minimum absolute atomic E-state index is 0.0381. The third kappa shape index (κ3) is 4.80. The van der Waals surface area contributed by atoms with Crippen LogP contribution in [-0.2, 0) is 9.59 Å². The van der Waals surface area contributed by atoms with Crippen molar-refractivity contribution in [2.45, 2.75) is 52.1 Å². The summed E-state index contributed by atoms with van der Waals surface area (Å²) < 4.78 is 0. The average Bonchev–Trinajstić information content (AvgIpc) is 2.24. The Morgan fingerprint density at radius 1 is 1.16 bits per heavy atom. The summed E-state index contributed by atoms with van der Waals surface area (Å²) in [7, 11) is 3.76. The lowest BCUT2D eigenvalue weighted by molar-refractivity contribution is -0.193. The van der Waals surface area contributed by atoms with Gasteiger partial charge in [-0.3, -0.25) is 14.8 Å². The van der Waals surface area contributed by atoms with Crippen molar-refractivity contribution < 1.29 is 19.9 Å². The Hall–Kier alpha value is -1.14. The molecule has 0 saturated carbocycles. The summed E-state index contributed by atoms with van der Waals surface area (Å²) in [5, 5.41) is 19.4. The van der Waals surface area contributed by atoms with Crippen molar-refractivity contribution in [3.63, 3.8) is 0 Å². The molecule has 0 radical (unpaired) electrons. The van der Waals surface area contributed by atoms with Gasteiger partial charge in [0.2, 0.25) is 5.91 Å². The Labute approximate surface area is 115 Å². The van der Waals surface area contributed by atoms with Crippen molar-refractivity contribution in [2.24, 2.45) is 5.92 Å². The highest BCUT2D eigenvalue weighted by Gasteiger charge is 2.39. The third-order valence-electron chi connectivity index (χ3n) is 3.58. The first-order valence-electron chi connectivity index (χ1n) is 6.42. The smallest absolute Gasteiger partial charge is 0.303 e. The number of likely N-dealkylation sites (N-methyl/N-ethyl adjacent to an activating group) is 1. The number of rotatable bonds is 7. The van der Waals surface area contributed by atoms with Crippen molar-refractivity contribution in [1.82, 2.24) is 9.96 Å². The van der Waals surface area contributed by atoms with E-state index in [1.54, 1.807) is 0 Å². The molecule has 0 aliphatic heterocycles. The van der Waals surface area contributed by atoms with Gasteiger partial charge in [0.25, 0.3) is 0 Å². The number of nitrogens with zero attached hydrogens (tertiary/aromatic N) is 2. The van der Waals surface area contributed by atoms with Gasteiger partial charge in [0, 0.05) is 12.0 Å². The summed E-state index contributed by atoms with van der Waals surface area (Å²) in [5.41, 5.74) is -0.429. The van der Waals surface area contributed by atoms with E-state index in [1.165, 1.54) is 0 Å². The van der Waals surface area contributed by atoms with E-state index in [0.29, 0.717) is 5.06 Å².